The first-order valence-electron chi connectivity index (χ1n) is 6.23. The van der Waals surface area contributed by atoms with Crippen LogP contribution in [0.5, 0.6) is 0 Å². The second-order valence-corrected chi connectivity index (χ2v) is 6.09. The van der Waals surface area contributed by atoms with Crippen molar-refractivity contribution in [1.29, 1.82) is 0 Å². The Morgan fingerprint density at radius 1 is 1.63 bits per heavy atom. The van der Waals surface area contributed by atoms with Crippen molar-refractivity contribution in [3.63, 3.8) is 0 Å². The Labute approximate surface area is 121 Å². The molecule has 0 aromatic carbocycles. The lowest BCUT2D eigenvalue weighted by molar-refractivity contribution is 0.159. The second kappa shape index (κ2) is 5.50. The largest absolute Gasteiger partial charge is 0.381 e. The van der Waals surface area contributed by atoms with Crippen LogP contribution in [0, 0.1) is 12.3 Å². The fraction of sp³-hybridized carbons (Fsp3) is 0.667. The number of nitrogens with zero attached hydrogens (tertiary/aromatic N) is 2. The minimum absolute atomic E-state index is 0.0386. The van der Waals surface area contributed by atoms with Crippen molar-refractivity contribution in [2.45, 2.75) is 20.3 Å². The number of hydrogen-bond donors (Lipinski definition) is 2. The highest BCUT2D eigenvalue weighted by Gasteiger charge is 2.30. The molecule has 0 radical (unpaired) electrons. The van der Waals surface area contributed by atoms with E-state index in [9.17, 15) is 4.79 Å². The number of amides is 2. The maximum atomic E-state index is 11.9. The van der Waals surface area contributed by atoms with Crippen LogP contribution in [0.4, 0.5) is 10.6 Å². The van der Waals surface area contributed by atoms with E-state index in [-0.39, 0.29) is 11.4 Å². The fourth-order valence-electron chi connectivity index (χ4n) is 2.06. The molecule has 0 saturated carbocycles. The molecule has 0 spiro atoms. The predicted octanol–water partition coefficient (Wildman–Crippen LogP) is 2.04. The summed E-state index contributed by atoms with van der Waals surface area (Å²) in [6.07, 6.45) is 0.974. The van der Waals surface area contributed by atoms with Crippen LogP contribution in [-0.4, -0.2) is 35.6 Å². The van der Waals surface area contributed by atoms with Crippen molar-refractivity contribution in [2.24, 2.45) is 12.5 Å². The standard InChI is InChI=1S/C12H19BrN4O2/c1-8-9(13)10(17(3)16-8)15-11(18)14-6-12(2)4-5-19-7-12/h4-7H2,1-3H3,(H2,14,15,18). The van der Waals surface area contributed by atoms with Crippen molar-refractivity contribution in [3.05, 3.63) is 10.2 Å². The van der Waals surface area contributed by atoms with Crippen LogP contribution in [0.25, 0.3) is 0 Å². The highest BCUT2D eigenvalue weighted by Crippen LogP contribution is 2.27. The third-order valence-corrected chi connectivity index (χ3v) is 4.31. The number of hydrogen-bond acceptors (Lipinski definition) is 3. The van der Waals surface area contributed by atoms with Gasteiger partial charge in [0.15, 0.2) is 0 Å². The van der Waals surface area contributed by atoms with E-state index in [2.05, 4.69) is 38.6 Å². The minimum atomic E-state index is -0.225. The van der Waals surface area contributed by atoms with Gasteiger partial charge in [-0.1, -0.05) is 6.92 Å². The molecule has 1 saturated heterocycles. The molecule has 7 heteroatoms. The van der Waals surface area contributed by atoms with E-state index in [0.717, 1.165) is 23.2 Å². The monoisotopic (exact) mass is 330 g/mol. The van der Waals surface area contributed by atoms with Crippen molar-refractivity contribution < 1.29 is 9.53 Å². The lowest BCUT2D eigenvalue weighted by Crippen LogP contribution is -2.38. The normalized spacial score (nSPS) is 22.5. The molecule has 106 valence electrons. The van der Waals surface area contributed by atoms with Gasteiger partial charge < -0.3 is 10.1 Å². The van der Waals surface area contributed by atoms with E-state index in [1.807, 2.05) is 6.92 Å². The zero-order valence-corrected chi connectivity index (χ0v) is 13.0. The van der Waals surface area contributed by atoms with Crippen molar-refractivity contribution >= 4 is 27.8 Å². The Balaban J connectivity index is 1.91. The summed E-state index contributed by atoms with van der Waals surface area (Å²) < 4.78 is 7.80. The van der Waals surface area contributed by atoms with Crippen LogP contribution < -0.4 is 10.6 Å². The van der Waals surface area contributed by atoms with Crippen molar-refractivity contribution in [1.82, 2.24) is 15.1 Å². The van der Waals surface area contributed by atoms with Crippen LogP contribution in [-0.2, 0) is 11.8 Å². The number of halogens is 1. The minimum Gasteiger partial charge on any atom is -0.381 e. The molecule has 1 unspecified atom stereocenters. The number of nitrogens with one attached hydrogen (secondary N) is 2. The Kier molecular flexibility index (Phi) is 4.15. The molecule has 1 aromatic rings. The highest BCUT2D eigenvalue weighted by atomic mass is 79.9. The first-order valence-corrected chi connectivity index (χ1v) is 7.02. The van der Waals surface area contributed by atoms with Gasteiger partial charge in [0.25, 0.3) is 0 Å². The number of anilines is 1. The molecule has 1 aliphatic heterocycles. The molecule has 1 fully saturated rings. The topological polar surface area (TPSA) is 68.2 Å². The summed E-state index contributed by atoms with van der Waals surface area (Å²) in [6, 6.07) is -0.225. The van der Waals surface area contributed by atoms with Gasteiger partial charge in [-0.15, -0.1) is 0 Å². The number of aromatic nitrogens is 2. The number of urea groups is 1. The van der Waals surface area contributed by atoms with Gasteiger partial charge in [-0.05, 0) is 29.3 Å². The third kappa shape index (κ3) is 3.27. The van der Waals surface area contributed by atoms with Gasteiger partial charge >= 0.3 is 6.03 Å². The van der Waals surface area contributed by atoms with Crippen LogP contribution in [0.15, 0.2) is 4.47 Å². The number of aryl methyl sites for hydroxylation is 2. The molecule has 1 atom stereocenters. The van der Waals surface area contributed by atoms with Gasteiger partial charge in [-0.2, -0.15) is 5.10 Å². The van der Waals surface area contributed by atoms with E-state index >= 15 is 0 Å². The molecule has 6 nitrogen and oxygen atoms in total. The van der Waals surface area contributed by atoms with Crippen LogP contribution in [0.2, 0.25) is 0 Å². The first kappa shape index (κ1) is 14.3. The third-order valence-electron chi connectivity index (χ3n) is 3.36. The number of carbonyl (C=O) groups is 1. The van der Waals surface area contributed by atoms with Gasteiger partial charge in [0, 0.05) is 25.6 Å². The molecule has 0 bridgehead atoms. The van der Waals surface area contributed by atoms with Gasteiger partial charge in [0.2, 0.25) is 0 Å². The van der Waals surface area contributed by atoms with E-state index in [1.54, 1.807) is 11.7 Å². The lowest BCUT2D eigenvalue weighted by atomic mass is 9.90. The molecule has 2 amide bonds. The highest BCUT2D eigenvalue weighted by molar-refractivity contribution is 9.10. The summed E-state index contributed by atoms with van der Waals surface area (Å²) in [5, 5.41) is 9.91. The van der Waals surface area contributed by atoms with Crippen molar-refractivity contribution in [3.8, 4) is 0 Å². The van der Waals surface area contributed by atoms with E-state index in [1.165, 1.54) is 0 Å². The van der Waals surface area contributed by atoms with Crippen LogP contribution in [0.3, 0.4) is 0 Å². The first-order chi connectivity index (χ1) is 8.91. The SMILES string of the molecule is Cc1nn(C)c(NC(=O)NCC2(C)CCOC2)c1Br. The predicted molar refractivity (Wildman–Crippen MR) is 76.2 cm³/mol. The maximum absolute atomic E-state index is 11.9. The van der Waals surface area contributed by atoms with Crippen LogP contribution >= 0.6 is 15.9 Å². The maximum Gasteiger partial charge on any atom is 0.320 e. The molecule has 1 aliphatic rings. The van der Waals surface area contributed by atoms with Gasteiger partial charge in [0.05, 0.1) is 16.8 Å². The second-order valence-electron chi connectivity index (χ2n) is 5.29. The molecular formula is C12H19BrN4O2. The molecule has 0 aliphatic carbocycles. The Morgan fingerprint density at radius 3 is 2.89 bits per heavy atom. The number of rotatable bonds is 3. The number of ether oxygens (including phenoxy) is 1. The molecule has 1 aromatic heterocycles. The lowest BCUT2D eigenvalue weighted by Gasteiger charge is -2.21. The molecule has 2 heterocycles. The Bertz CT molecular complexity index is 480. The molecule has 2 rings (SSSR count). The average molecular weight is 331 g/mol. The number of carbonyl (C=O) groups excluding carboxylic acids is 1. The summed E-state index contributed by atoms with van der Waals surface area (Å²) in [6.45, 7) is 6.07. The zero-order chi connectivity index (χ0) is 14.0. The summed E-state index contributed by atoms with van der Waals surface area (Å²) in [4.78, 5) is 11.9. The van der Waals surface area contributed by atoms with E-state index < -0.39 is 0 Å². The Morgan fingerprint density at radius 2 is 2.37 bits per heavy atom. The summed E-state index contributed by atoms with van der Waals surface area (Å²) >= 11 is 3.41. The Hall–Kier alpha value is -1.08. The quantitative estimate of drug-likeness (QED) is 0.891. The van der Waals surface area contributed by atoms with Gasteiger partial charge in [-0.25, -0.2) is 4.79 Å². The van der Waals surface area contributed by atoms with E-state index in [4.69, 9.17) is 4.74 Å². The summed E-state index contributed by atoms with van der Waals surface area (Å²) in [7, 11) is 1.79. The van der Waals surface area contributed by atoms with Crippen LogP contribution in [0.1, 0.15) is 19.0 Å². The molecule has 2 N–H and O–H groups in total. The summed E-state index contributed by atoms with van der Waals surface area (Å²) in [5.74, 6) is 0.655. The van der Waals surface area contributed by atoms with Gasteiger partial charge in [-0.3, -0.25) is 10.00 Å². The smallest absolute Gasteiger partial charge is 0.320 e. The van der Waals surface area contributed by atoms with Crippen molar-refractivity contribution in [2.75, 3.05) is 25.1 Å². The fourth-order valence-corrected chi connectivity index (χ4v) is 2.50. The molecule has 19 heavy (non-hydrogen) atoms. The average Bonchev–Trinajstić information content (AvgIpc) is 2.88. The van der Waals surface area contributed by atoms with Gasteiger partial charge in [0.1, 0.15) is 5.82 Å². The summed E-state index contributed by atoms with van der Waals surface area (Å²) in [5.41, 5.74) is 0.880. The zero-order valence-electron chi connectivity index (χ0n) is 11.4. The molecular weight excluding hydrogens is 312 g/mol. The van der Waals surface area contributed by atoms with E-state index in [0.29, 0.717) is 19.0 Å².